The summed E-state index contributed by atoms with van der Waals surface area (Å²) >= 11 is 2.01. The van der Waals surface area contributed by atoms with Gasteiger partial charge in [-0.25, -0.2) is 9.18 Å². The second-order valence-electron chi connectivity index (χ2n) is 8.30. The minimum absolute atomic E-state index is 0.0681. The van der Waals surface area contributed by atoms with Crippen molar-refractivity contribution in [2.24, 2.45) is 0 Å². The summed E-state index contributed by atoms with van der Waals surface area (Å²) in [6.07, 6.45) is 2.92. The molecular weight excluding hydrogens is 602 g/mol. The van der Waals surface area contributed by atoms with Crippen LogP contribution in [0.5, 0.6) is 11.5 Å². The Kier molecular flexibility index (Phi) is 8.45. The van der Waals surface area contributed by atoms with Gasteiger partial charge in [-0.3, -0.25) is 9.78 Å². The smallest absolute Gasteiger partial charge is 0.259 e. The Hall–Kier alpha value is -4.15. The molecule has 0 saturated carbocycles. The second-order valence-corrected chi connectivity index (χ2v) is 9.54. The maximum atomic E-state index is 14.8. The number of amides is 1. The molecule has 38 heavy (non-hydrogen) atoms. The van der Waals surface area contributed by atoms with Crippen LogP contribution in [-0.4, -0.2) is 35.9 Å². The highest BCUT2D eigenvalue weighted by atomic mass is 127. The molecule has 0 atom stereocenters. The molecule has 10 heteroatoms. The molecule has 1 aliphatic heterocycles. The van der Waals surface area contributed by atoms with Gasteiger partial charge in [0.1, 0.15) is 40.2 Å². The zero-order chi connectivity index (χ0) is 27.2. The van der Waals surface area contributed by atoms with Gasteiger partial charge in [0.05, 0.1) is 19.0 Å². The molecule has 0 radical (unpaired) electrons. The number of aromatic nitrogens is 1. The number of aryl methyl sites for hydroxylation is 1. The van der Waals surface area contributed by atoms with Crippen LogP contribution in [0.15, 0.2) is 89.7 Å². The van der Waals surface area contributed by atoms with Crippen molar-refractivity contribution < 1.29 is 23.5 Å². The van der Waals surface area contributed by atoms with Gasteiger partial charge in [0.2, 0.25) is 0 Å². The summed E-state index contributed by atoms with van der Waals surface area (Å²) in [4.78, 5) is 31.1. The highest BCUT2D eigenvalue weighted by molar-refractivity contribution is 14.1. The molecule has 1 aliphatic rings. The van der Waals surface area contributed by atoms with Gasteiger partial charge in [-0.05, 0) is 77.5 Å². The van der Waals surface area contributed by atoms with Gasteiger partial charge in [-0.2, -0.15) is 0 Å². The van der Waals surface area contributed by atoms with Crippen molar-refractivity contribution in [3.05, 3.63) is 110 Å². The van der Waals surface area contributed by atoms with Crippen LogP contribution in [0.1, 0.15) is 11.3 Å². The lowest BCUT2D eigenvalue weighted by molar-refractivity contribution is -0.117. The Morgan fingerprint density at radius 3 is 2.50 bits per heavy atom. The third-order valence-corrected chi connectivity index (χ3v) is 6.36. The number of anilines is 1. The van der Waals surface area contributed by atoms with Crippen molar-refractivity contribution in [3.63, 3.8) is 0 Å². The number of hydrogen-bond acceptors (Lipinski definition) is 7. The Balaban J connectivity index is 1.74. The fraction of sp³-hybridized carbons (Fsp3) is 0.143. The SMILES string of the molecule is COc1ccc(CNC(=O)C2=C(Nc3ccc(I)cc3F)N(C)C(=C=O)C=C2Oc2ccc(C)nc2)cc1. The molecule has 8 nitrogen and oxygen atoms in total. The van der Waals surface area contributed by atoms with E-state index >= 15 is 0 Å². The molecular formula is C28H24FIN4O4. The van der Waals surface area contributed by atoms with Gasteiger partial charge < -0.3 is 25.0 Å². The molecule has 4 rings (SSSR count). The average Bonchev–Trinajstić information content (AvgIpc) is 2.92. The van der Waals surface area contributed by atoms with Gasteiger partial charge in [0.25, 0.3) is 5.91 Å². The van der Waals surface area contributed by atoms with E-state index in [1.807, 2.05) is 47.6 Å². The average molecular weight is 626 g/mol. The van der Waals surface area contributed by atoms with Crippen LogP contribution in [0.25, 0.3) is 0 Å². The zero-order valence-corrected chi connectivity index (χ0v) is 23.0. The predicted octanol–water partition coefficient (Wildman–Crippen LogP) is 4.71. The van der Waals surface area contributed by atoms with Crippen LogP contribution >= 0.6 is 22.6 Å². The lowest BCUT2D eigenvalue weighted by Crippen LogP contribution is -2.36. The summed E-state index contributed by atoms with van der Waals surface area (Å²) in [7, 11) is 3.15. The van der Waals surface area contributed by atoms with Crippen LogP contribution in [0.3, 0.4) is 0 Å². The summed E-state index contributed by atoms with van der Waals surface area (Å²) in [6.45, 7) is 2.04. The van der Waals surface area contributed by atoms with E-state index in [2.05, 4.69) is 15.6 Å². The maximum absolute atomic E-state index is 14.8. The van der Waals surface area contributed by atoms with Gasteiger partial charge in [0, 0.05) is 28.9 Å². The molecule has 0 saturated heterocycles. The first-order valence-corrected chi connectivity index (χ1v) is 12.6. The van der Waals surface area contributed by atoms with Gasteiger partial charge >= 0.3 is 0 Å². The molecule has 2 heterocycles. The van der Waals surface area contributed by atoms with Crippen molar-refractivity contribution >= 4 is 40.1 Å². The van der Waals surface area contributed by atoms with Crippen molar-refractivity contribution in [2.75, 3.05) is 19.5 Å². The number of carbonyl (C=O) groups is 1. The third kappa shape index (κ3) is 6.21. The van der Waals surface area contributed by atoms with Crippen LogP contribution in [0, 0.1) is 16.3 Å². The Labute approximate surface area is 233 Å². The Morgan fingerprint density at radius 2 is 1.87 bits per heavy atom. The molecule has 0 aliphatic carbocycles. The molecule has 0 bridgehead atoms. The van der Waals surface area contributed by atoms with Crippen molar-refractivity contribution in [1.29, 1.82) is 0 Å². The highest BCUT2D eigenvalue weighted by Crippen LogP contribution is 2.31. The topological polar surface area (TPSA) is 92.8 Å². The van der Waals surface area contributed by atoms with E-state index < -0.39 is 11.7 Å². The molecule has 1 amide bonds. The standard InChI is InChI=1S/C28H24FIN4O4/c1-17-4-8-22(15-31-17)38-25-13-20(16-35)34(2)27(33-24-11-7-19(30)12-23(24)29)26(25)28(36)32-14-18-5-9-21(37-3)10-6-18/h4-13,15,33H,14H2,1-3H3,(H,32,36). The van der Waals surface area contributed by atoms with E-state index in [-0.39, 0.29) is 35.1 Å². The number of ether oxygens (including phenoxy) is 2. The van der Waals surface area contributed by atoms with Gasteiger partial charge in [-0.1, -0.05) is 12.1 Å². The summed E-state index contributed by atoms with van der Waals surface area (Å²) in [5, 5.41) is 5.85. The molecule has 2 aromatic carbocycles. The molecule has 3 aromatic rings. The normalized spacial score (nSPS) is 13.0. The van der Waals surface area contributed by atoms with Crippen LogP contribution in [0.2, 0.25) is 0 Å². The van der Waals surface area contributed by atoms with Crippen LogP contribution in [0.4, 0.5) is 10.1 Å². The first kappa shape index (κ1) is 26.9. The monoisotopic (exact) mass is 626 g/mol. The van der Waals surface area contributed by atoms with E-state index in [1.54, 1.807) is 50.6 Å². The number of carbonyl (C=O) groups excluding carboxylic acids is 2. The number of likely N-dealkylation sites (N-methyl/N-ethyl adjacent to an activating group) is 1. The fourth-order valence-electron chi connectivity index (χ4n) is 3.62. The Bertz CT molecular complexity index is 1460. The number of pyridine rings is 1. The second kappa shape index (κ2) is 11.9. The molecule has 1 aromatic heterocycles. The van der Waals surface area contributed by atoms with Gasteiger partial charge in [0.15, 0.2) is 5.94 Å². The summed E-state index contributed by atoms with van der Waals surface area (Å²) in [6, 6.07) is 15.3. The van der Waals surface area contributed by atoms with E-state index in [0.29, 0.717) is 15.1 Å². The van der Waals surface area contributed by atoms with E-state index in [4.69, 9.17) is 9.47 Å². The zero-order valence-electron chi connectivity index (χ0n) is 20.8. The summed E-state index contributed by atoms with van der Waals surface area (Å²) in [5.74, 6) is 2.11. The first-order valence-electron chi connectivity index (χ1n) is 11.5. The number of halogens is 2. The predicted molar refractivity (Wildman–Crippen MR) is 149 cm³/mol. The fourth-order valence-corrected chi connectivity index (χ4v) is 4.07. The molecule has 0 unspecified atom stereocenters. The third-order valence-electron chi connectivity index (χ3n) is 5.69. The van der Waals surface area contributed by atoms with Crippen molar-refractivity contribution in [3.8, 4) is 11.5 Å². The quantitative estimate of drug-likeness (QED) is 0.277. The lowest BCUT2D eigenvalue weighted by atomic mass is 10.1. The number of nitrogens with zero attached hydrogens (tertiary/aromatic N) is 2. The van der Waals surface area contributed by atoms with Gasteiger partial charge in [-0.15, -0.1) is 0 Å². The number of hydrogen-bond donors (Lipinski definition) is 2. The maximum Gasteiger partial charge on any atom is 0.259 e. The largest absolute Gasteiger partial charge is 0.497 e. The molecule has 2 N–H and O–H groups in total. The highest BCUT2D eigenvalue weighted by Gasteiger charge is 2.31. The number of benzene rings is 2. The van der Waals surface area contributed by atoms with Crippen LogP contribution < -0.4 is 20.1 Å². The van der Waals surface area contributed by atoms with Crippen LogP contribution in [-0.2, 0) is 16.1 Å². The first-order chi connectivity index (χ1) is 18.3. The number of nitrogens with one attached hydrogen (secondary N) is 2. The number of allylic oxidation sites excluding steroid dienone is 1. The molecule has 194 valence electrons. The van der Waals surface area contributed by atoms with E-state index in [0.717, 1.165) is 11.3 Å². The van der Waals surface area contributed by atoms with Crippen molar-refractivity contribution in [2.45, 2.75) is 13.5 Å². The number of rotatable bonds is 8. The van der Waals surface area contributed by atoms with E-state index in [9.17, 15) is 14.0 Å². The summed E-state index contributed by atoms with van der Waals surface area (Å²) in [5.41, 5.74) is 1.90. The minimum Gasteiger partial charge on any atom is -0.497 e. The van der Waals surface area contributed by atoms with Crippen molar-refractivity contribution in [1.82, 2.24) is 15.2 Å². The summed E-state index contributed by atoms with van der Waals surface area (Å²) < 4.78 is 26.7. The number of methoxy groups -OCH3 is 1. The Morgan fingerprint density at radius 1 is 1.13 bits per heavy atom. The lowest BCUT2D eigenvalue weighted by Gasteiger charge is -2.30. The molecule has 0 fully saturated rings. The minimum atomic E-state index is -0.521. The molecule has 0 spiro atoms. The van der Waals surface area contributed by atoms with E-state index in [1.165, 1.54) is 23.2 Å².